The van der Waals surface area contributed by atoms with Crippen molar-refractivity contribution < 1.29 is 5.21 Å². The molecule has 1 unspecified atom stereocenters. The van der Waals surface area contributed by atoms with Crippen molar-refractivity contribution in [1.29, 1.82) is 0 Å². The fraction of sp³-hybridized carbons (Fsp3) is 0.600. The molecule has 0 saturated carbocycles. The van der Waals surface area contributed by atoms with Crippen LogP contribution in [0.1, 0.15) is 6.92 Å². The maximum Gasteiger partial charge on any atom is 0.0483 e. The lowest BCUT2D eigenvalue weighted by Gasteiger charge is -2.20. The summed E-state index contributed by atoms with van der Waals surface area (Å²) in [6.45, 7) is 2.01. The fourth-order valence-corrected chi connectivity index (χ4v) is 0.618. The van der Waals surface area contributed by atoms with Gasteiger partial charge in [-0.05, 0) is 13.0 Å². The van der Waals surface area contributed by atoms with Gasteiger partial charge in [0.25, 0.3) is 0 Å². The van der Waals surface area contributed by atoms with E-state index in [0.717, 1.165) is 5.17 Å². The molecule has 0 bridgehead atoms. The molecular weight excluding hydrogens is 104 g/mol. The lowest BCUT2D eigenvalue weighted by atomic mass is 10.3. The normalized spacial score (nSPS) is 29.9. The first-order chi connectivity index (χ1) is 3.72. The Bertz CT molecular complexity index is 101. The highest BCUT2D eigenvalue weighted by Gasteiger charge is 2.15. The SMILES string of the molecule is CC1C=CN(O)N1C. The first-order valence-electron chi connectivity index (χ1n) is 2.61. The van der Waals surface area contributed by atoms with Gasteiger partial charge in [0, 0.05) is 19.3 Å². The van der Waals surface area contributed by atoms with Gasteiger partial charge in [-0.25, -0.2) is 0 Å². The summed E-state index contributed by atoms with van der Waals surface area (Å²) >= 11 is 0. The van der Waals surface area contributed by atoms with Crippen molar-refractivity contribution in [3.63, 3.8) is 0 Å². The number of likely N-dealkylation sites (N-methyl/N-ethyl adjacent to an activating group) is 1. The second-order valence-electron chi connectivity index (χ2n) is 1.98. The summed E-state index contributed by atoms with van der Waals surface area (Å²) in [6.07, 6.45) is 3.55. The molecule has 0 aliphatic carbocycles. The van der Waals surface area contributed by atoms with Gasteiger partial charge in [-0.1, -0.05) is 0 Å². The van der Waals surface area contributed by atoms with Crippen LogP contribution >= 0.6 is 0 Å². The van der Waals surface area contributed by atoms with Crippen molar-refractivity contribution in [3.8, 4) is 0 Å². The number of hydrazine groups is 1. The molecule has 3 nitrogen and oxygen atoms in total. The van der Waals surface area contributed by atoms with E-state index in [0.29, 0.717) is 6.04 Å². The average molecular weight is 114 g/mol. The van der Waals surface area contributed by atoms with Crippen molar-refractivity contribution in [2.24, 2.45) is 0 Å². The number of rotatable bonds is 0. The number of hydrogen-bond donors (Lipinski definition) is 1. The van der Waals surface area contributed by atoms with Crippen molar-refractivity contribution in [3.05, 3.63) is 12.3 Å². The molecule has 1 aliphatic rings. The quantitative estimate of drug-likeness (QED) is 0.495. The van der Waals surface area contributed by atoms with E-state index in [1.54, 1.807) is 11.2 Å². The van der Waals surface area contributed by atoms with Gasteiger partial charge >= 0.3 is 0 Å². The molecule has 0 amide bonds. The number of hydroxylamine groups is 1. The Balaban J connectivity index is 2.55. The van der Waals surface area contributed by atoms with Gasteiger partial charge in [-0.2, -0.15) is 10.2 Å². The van der Waals surface area contributed by atoms with Crippen LogP contribution in [-0.4, -0.2) is 28.5 Å². The van der Waals surface area contributed by atoms with E-state index in [-0.39, 0.29) is 0 Å². The van der Waals surface area contributed by atoms with E-state index in [1.165, 1.54) is 0 Å². The zero-order valence-corrected chi connectivity index (χ0v) is 5.07. The van der Waals surface area contributed by atoms with E-state index in [4.69, 9.17) is 5.21 Å². The molecule has 0 spiro atoms. The molecule has 1 atom stereocenters. The minimum Gasteiger partial charge on any atom is -0.273 e. The van der Waals surface area contributed by atoms with Crippen LogP contribution in [0.5, 0.6) is 0 Å². The molecule has 3 heteroatoms. The summed E-state index contributed by atoms with van der Waals surface area (Å²) in [4.78, 5) is 0. The highest BCUT2D eigenvalue weighted by atomic mass is 16.5. The molecule has 8 heavy (non-hydrogen) atoms. The molecule has 0 aromatic heterocycles. The lowest BCUT2D eigenvalue weighted by Crippen LogP contribution is -2.33. The smallest absolute Gasteiger partial charge is 0.0483 e. The van der Waals surface area contributed by atoms with Gasteiger partial charge in [0.05, 0.1) is 0 Å². The van der Waals surface area contributed by atoms with Crippen LogP contribution in [0.2, 0.25) is 0 Å². The fourth-order valence-electron chi connectivity index (χ4n) is 0.618. The monoisotopic (exact) mass is 114 g/mol. The summed E-state index contributed by atoms with van der Waals surface area (Å²) in [5.74, 6) is 0. The number of nitrogens with zero attached hydrogens (tertiary/aromatic N) is 2. The Morgan fingerprint density at radius 2 is 2.25 bits per heavy atom. The summed E-state index contributed by atoms with van der Waals surface area (Å²) in [6, 6.07) is 0.319. The summed E-state index contributed by atoms with van der Waals surface area (Å²) in [5.41, 5.74) is 0. The van der Waals surface area contributed by atoms with Crippen molar-refractivity contribution in [2.75, 3.05) is 7.05 Å². The molecule has 0 saturated heterocycles. The minimum atomic E-state index is 0.319. The van der Waals surface area contributed by atoms with Crippen LogP contribution in [-0.2, 0) is 0 Å². The predicted octanol–water partition coefficient (Wildman–Crippen LogP) is 0.440. The molecule has 0 fully saturated rings. The maximum absolute atomic E-state index is 8.84. The molecule has 1 rings (SSSR count). The Morgan fingerprint density at radius 3 is 2.38 bits per heavy atom. The third-order valence-electron chi connectivity index (χ3n) is 1.41. The maximum atomic E-state index is 8.84. The second-order valence-corrected chi connectivity index (χ2v) is 1.98. The molecular formula is C5H10N2O. The first-order valence-corrected chi connectivity index (χ1v) is 2.61. The topological polar surface area (TPSA) is 26.7 Å². The van der Waals surface area contributed by atoms with Gasteiger partial charge in [-0.3, -0.25) is 5.21 Å². The highest BCUT2D eigenvalue weighted by Crippen LogP contribution is 2.07. The molecule has 1 aliphatic heterocycles. The van der Waals surface area contributed by atoms with E-state index >= 15 is 0 Å². The first kappa shape index (κ1) is 5.59. The lowest BCUT2D eigenvalue weighted by molar-refractivity contribution is -0.190. The zero-order chi connectivity index (χ0) is 6.15. The third-order valence-corrected chi connectivity index (χ3v) is 1.41. The molecule has 0 aromatic carbocycles. The molecule has 46 valence electrons. The standard InChI is InChI=1S/C5H10N2O/c1-5-3-4-7(8)6(5)2/h3-5,8H,1-2H3. The summed E-state index contributed by atoms with van der Waals surface area (Å²) in [5, 5.41) is 11.6. The van der Waals surface area contributed by atoms with Crippen LogP contribution in [0, 0.1) is 0 Å². The van der Waals surface area contributed by atoms with Crippen LogP contribution in [0.15, 0.2) is 12.3 Å². The molecule has 0 aromatic rings. The average Bonchev–Trinajstić information content (AvgIpc) is 1.98. The summed E-state index contributed by atoms with van der Waals surface area (Å²) < 4.78 is 0. The van der Waals surface area contributed by atoms with Gasteiger partial charge in [-0.15, -0.1) is 0 Å². The molecule has 1 heterocycles. The van der Waals surface area contributed by atoms with Gasteiger partial charge < -0.3 is 0 Å². The second kappa shape index (κ2) is 1.76. The van der Waals surface area contributed by atoms with Crippen molar-refractivity contribution in [1.82, 2.24) is 10.2 Å². The summed E-state index contributed by atoms with van der Waals surface area (Å²) in [7, 11) is 1.82. The minimum absolute atomic E-state index is 0.319. The van der Waals surface area contributed by atoms with Gasteiger partial charge in [0.1, 0.15) is 0 Å². The van der Waals surface area contributed by atoms with Gasteiger partial charge in [0.15, 0.2) is 0 Å². The van der Waals surface area contributed by atoms with E-state index < -0.39 is 0 Å². The Labute approximate surface area is 48.7 Å². The highest BCUT2D eigenvalue weighted by molar-refractivity contribution is 4.93. The zero-order valence-electron chi connectivity index (χ0n) is 5.07. The van der Waals surface area contributed by atoms with Gasteiger partial charge in [0.2, 0.25) is 0 Å². The Morgan fingerprint density at radius 1 is 1.62 bits per heavy atom. The van der Waals surface area contributed by atoms with E-state index in [9.17, 15) is 0 Å². The number of hydrogen-bond acceptors (Lipinski definition) is 3. The van der Waals surface area contributed by atoms with Crippen LogP contribution in [0.25, 0.3) is 0 Å². The Hall–Kier alpha value is -0.540. The third kappa shape index (κ3) is 0.700. The van der Waals surface area contributed by atoms with Crippen LogP contribution in [0.4, 0.5) is 0 Å². The van der Waals surface area contributed by atoms with E-state index in [2.05, 4.69) is 0 Å². The van der Waals surface area contributed by atoms with Crippen molar-refractivity contribution >= 4 is 0 Å². The Kier molecular flexibility index (Phi) is 1.23. The van der Waals surface area contributed by atoms with Crippen LogP contribution in [0.3, 0.4) is 0 Å². The molecule has 1 N–H and O–H groups in total. The van der Waals surface area contributed by atoms with Crippen molar-refractivity contribution in [2.45, 2.75) is 13.0 Å². The predicted molar refractivity (Wildman–Crippen MR) is 30.0 cm³/mol. The van der Waals surface area contributed by atoms with E-state index in [1.807, 2.05) is 20.0 Å². The molecule has 0 radical (unpaired) electrons. The van der Waals surface area contributed by atoms with Crippen LogP contribution < -0.4 is 0 Å². The largest absolute Gasteiger partial charge is 0.273 e.